The minimum absolute atomic E-state index is 0.0107. The third-order valence-electron chi connectivity index (χ3n) is 4.26. The molecule has 0 saturated carbocycles. The van der Waals surface area contributed by atoms with Crippen LogP contribution in [0.1, 0.15) is 0 Å². The second-order valence-electron chi connectivity index (χ2n) is 6.28. The Morgan fingerprint density at radius 3 is 2.54 bits per heavy atom. The first-order valence-electron chi connectivity index (χ1n) is 8.72. The van der Waals surface area contributed by atoms with E-state index in [1.165, 1.54) is 40.3 Å². The molecule has 0 spiro atoms. The van der Waals surface area contributed by atoms with Crippen LogP contribution in [-0.4, -0.2) is 27.6 Å². The van der Waals surface area contributed by atoms with Crippen molar-refractivity contribution in [3.05, 3.63) is 82.2 Å². The maximum Gasteiger partial charge on any atom is 0.274 e. The lowest BCUT2D eigenvalue weighted by Crippen LogP contribution is -2.32. The summed E-state index contributed by atoms with van der Waals surface area (Å²) in [5.41, 5.74) is 0.439. The third kappa shape index (κ3) is 3.81. The molecule has 0 aliphatic rings. The Labute approximate surface area is 164 Å². The molecule has 4 rings (SSSR count). The van der Waals surface area contributed by atoms with Gasteiger partial charge in [0.15, 0.2) is 0 Å². The van der Waals surface area contributed by atoms with Crippen LogP contribution in [0.3, 0.4) is 0 Å². The second kappa shape index (κ2) is 7.92. The quantitative estimate of drug-likeness (QED) is 0.540. The normalized spacial score (nSPS) is 12.2. The Morgan fingerprint density at radius 2 is 1.82 bits per heavy atom. The zero-order valence-corrected chi connectivity index (χ0v) is 15.6. The van der Waals surface area contributed by atoms with Gasteiger partial charge in [0.25, 0.3) is 5.56 Å². The van der Waals surface area contributed by atoms with Gasteiger partial charge in [-0.25, -0.2) is 9.07 Å². The van der Waals surface area contributed by atoms with Crippen molar-refractivity contribution in [2.75, 3.05) is 6.61 Å². The summed E-state index contributed by atoms with van der Waals surface area (Å²) in [5, 5.41) is 18.1. The highest BCUT2D eigenvalue weighted by molar-refractivity contribution is 7.13. The topological polar surface area (TPSA) is 64.4 Å². The molecule has 5 nitrogen and oxygen atoms in total. The first kappa shape index (κ1) is 18.3. The Bertz CT molecular complexity index is 1140. The summed E-state index contributed by atoms with van der Waals surface area (Å²) in [4.78, 5) is 13.8. The van der Waals surface area contributed by atoms with E-state index in [4.69, 9.17) is 4.74 Å². The van der Waals surface area contributed by atoms with Crippen LogP contribution >= 0.6 is 11.3 Å². The Morgan fingerprint density at radius 1 is 1.07 bits per heavy atom. The molecule has 0 radical (unpaired) electrons. The number of rotatable bonds is 6. The number of aliphatic hydroxyl groups excluding tert-OH is 1. The molecular formula is C21H17FN2O3S. The van der Waals surface area contributed by atoms with Crippen LogP contribution in [0.4, 0.5) is 4.39 Å². The van der Waals surface area contributed by atoms with Gasteiger partial charge in [0.1, 0.15) is 30.0 Å². The molecule has 0 aliphatic carbocycles. The minimum Gasteiger partial charge on any atom is -0.491 e. The van der Waals surface area contributed by atoms with E-state index in [1.807, 2.05) is 29.6 Å². The van der Waals surface area contributed by atoms with Gasteiger partial charge >= 0.3 is 0 Å². The van der Waals surface area contributed by atoms with E-state index in [0.717, 1.165) is 10.3 Å². The van der Waals surface area contributed by atoms with Gasteiger partial charge in [-0.05, 0) is 41.8 Å². The van der Waals surface area contributed by atoms with E-state index in [1.54, 1.807) is 12.1 Å². The van der Waals surface area contributed by atoms with Gasteiger partial charge in [-0.1, -0.05) is 24.3 Å². The van der Waals surface area contributed by atoms with Gasteiger partial charge in [-0.2, -0.15) is 5.10 Å². The molecule has 0 fully saturated rings. The molecule has 2 aromatic carbocycles. The summed E-state index contributed by atoms with van der Waals surface area (Å²) >= 11 is 1.54. The van der Waals surface area contributed by atoms with Gasteiger partial charge in [-0.3, -0.25) is 4.79 Å². The minimum atomic E-state index is -0.951. The number of nitrogens with zero attached hydrogens (tertiary/aromatic N) is 2. The van der Waals surface area contributed by atoms with E-state index in [9.17, 15) is 14.3 Å². The number of hydrogen-bond acceptors (Lipinski definition) is 5. The number of halogens is 1. The number of aromatic nitrogens is 2. The van der Waals surface area contributed by atoms with Crippen molar-refractivity contribution in [2.24, 2.45) is 0 Å². The average molecular weight is 396 g/mol. The van der Waals surface area contributed by atoms with Crippen molar-refractivity contribution in [3.63, 3.8) is 0 Å². The molecule has 2 aromatic heterocycles. The van der Waals surface area contributed by atoms with E-state index in [-0.39, 0.29) is 24.5 Å². The standard InChI is InChI=1S/C21H17FN2O3S/c22-14-7-9-16(10-8-14)27-13-15(25)12-24-21(26)18-5-2-1-4-17(18)20(23-24)19-6-3-11-28-19/h1-11,15,25H,12-13H2. The molecule has 28 heavy (non-hydrogen) atoms. The lowest BCUT2D eigenvalue weighted by Gasteiger charge is -2.15. The first-order valence-corrected chi connectivity index (χ1v) is 9.60. The third-order valence-corrected chi connectivity index (χ3v) is 5.14. The predicted octanol–water partition coefficient (Wildman–Crippen LogP) is 3.70. The molecule has 1 unspecified atom stereocenters. The summed E-state index contributed by atoms with van der Waals surface area (Å²) < 4.78 is 19.7. The van der Waals surface area contributed by atoms with Gasteiger partial charge in [-0.15, -0.1) is 11.3 Å². The Kier molecular flexibility index (Phi) is 5.18. The maximum atomic E-state index is 12.9. The molecule has 0 bridgehead atoms. The first-order chi connectivity index (χ1) is 13.6. The van der Waals surface area contributed by atoms with Crippen molar-refractivity contribution in [1.29, 1.82) is 0 Å². The molecule has 4 aromatic rings. The van der Waals surface area contributed by atoms with Crippen LogP contribution in [0.5, 0.6) is 5.75 Å². The number of hydrogen-bond donors (Lipinski definition) is 1. The Balaban J connectivity index is 1.60. The summed E-state index contributed by atoms with van der Waals surface area (Å²) in [7, 11) is 0. The fraction of sp³-hybridized carbons (Fsp3) is 0.143. The fourth-order valence-electron chi connectivity index (χ4n) is 2.93. The predicted molar refractivity (Wildman–Crippen MR) is 107 cm³/mol. The summed E-state index contributed by atoms with van der Waals surface area (Å²) in [5.74, 6) is 0.0828. The van der Waals surface area contributed by atoms with E-state index < -0.39 is 6.10 Å². The highest BCUT2D eigenvalue weighted by atomic mass is 32.1. The second-order valence-corrected chi connectivity index (χ2v) is 7.23. The summed E-state index contributed by atoms with van der Waals surface area (Å²) in [6.07, 6.45) is -0.951. The van der Waals surface area contributed by atoms with Crippen molar-refractivity contribution in [1.82, 2.24) is 9.78 Å². The van der Waals surface area contributed by atoms with Crippen molar-refractivity contribution < 1.29 is 14.2 Å². The number of ether oxygens (including phenoxy) is 1. The maximum absolute atomic E-state index is 12.9. The van der Waals surface area contributed by atoms with Crippen molar-refractivity contribution in [2.45, 2.75) is 12.6 Å². The van der Waals surface area contributed by atoms with Crippen LogP contribution in [-0.2, 0) is 6.54 Å². The smallest absolute Gasteiger partial charge is 0.274 e. The Hall–Kier alpha value is -3.03. The summed E-state index contributed by atoms with van der Waals surface area (Å²) in [6.45, 7) is -0.0514. The monoisotopic (exact) mass is 396 g/mol. The highest BCUT2D eigenvalue weighted by Gasteiger charge is 2.15. The van der Waals surface area contributed by atoms with Crippen LogP contribution in [0.15, 0.2) is 70.8 Å². The zero-order chi connectivity index (χ0) is 19.5. The number of aliphatic hydroxyl groups is 1. The van der Waals surface area contributed by atoms with Crippen molar-refractivity contribution >= 4 is 22.1 Å². The lowest BCUT2D eigenvalue weighted by atomic mass is 10.1. The van der Waals surface area contributed by atoms with Crippen molar-refractivity contribution in [3.8, 4) is 16.3 Å². The summed E-state index contributed by atoms with van der Waals surface area (Å²) in [6, 6.07) is 16.7. The van der Waals surface area contributed by atoms with Crippen LogP contribution in [0.2, 0.25) is 0 Å². The average Bonchev–Trinajstić information content (AvgIpc) is 3.24. The van der Waals surface area contributed by atoms with E-state index in [0.29, 0.717) is 16.8 Å². The molecule has 7 heteroatoms. The molecule has 0 aliphatic heterocycles. The molecule has 1 atom stereocenters. The number of thiophene rings is 1. The van der Waals surface area contributed by atoms with Crippen LogP contribution in [0, 0.1) is 5.82 Å². The molecule has 142 valence electrons. The molecule has 2 heterocycles. The largest absolute Gasteiger partial charge is 0.491 e. The number of benzene rings is 2. The van der Waals surface area contributed by atoms with Crippen LogP contribution in [0.25, 0.3) is 21.3 Å². The van der Waals surface area contributed by atoms with Gasteiger partial charge < -0.3 is 9.84 Å². The fourth-order valence-corrected chi connectivity index (χ4v) is 3.65. The number of fused-ring (bicyclic) bond motifs is 1. The molecule has 0 amide bonds. The van der Waals surface area contributed by atoms with Gasteiger partial charge in [0.2, 0.25) is 0 Å². The molecular weight excluding hydrogens is 379 g/mol. The van der Waals surface area contributed by atoms with E-state index in [2.05, 4.69) is 5.10 Å². The zero-order valence-electron chi connectivity index (χ0n) is 14.8. The van der Waals surface area contributed by atoms with Gasteiger partial charge in [0, 0.05) is 5.39 Å². The highest BCUT2D eigenvalue weighted by Crippen LogP contribution is 2.28. The van der Waals surface area contributed by atoms with E-state index >= 15 is 0 Å². The molecule has 1 N–H and O–H groups in total. The SMILES string of the molecule is O=c1c2ccccc2c(-c2cccs2)nn1CC(O)COc1ccc(F)cc1. The molecule has 0 saturated heterocycles. The van der Waals surface area contributed by atoms with Crippen LogP contribution < -0.4 is 10.3 Å². The lowest BCUT2D eigenvalue weighted by molar-refractivity contribution is 0.0882. The van der Waals surface area contributed by atoms with Gasteiger partial charge in [0.05, 0.1) is 16.8 Å².